The monoisotopic (exact) mass is 433 g/mol. The molecule has 0 spiro atoms. The number of nitrogens with one attached hydrogen (secondary N) is 1. The molecule has 166 valence electrons. The number of nitrogens with zero attached hydrogens (tertiary/aromatic N) is 2. The number of likely N-dealkylation sites (tertiary alicyclic amines) is 1. The molecule has 1 amide bonds. The minimum absolute atomic E-state index is 0.0373. The summed E-state index contributed by atoms with van der Waals surface area (Å²) in [7, 11) is 0. The maximum Gasteiger partial charge on any atom is 0.270 e. The van der Waals surface area contributed by atoms with Crippen LogP contribution in [0.3, 0.4) is 0 Å². The summed E-state index contributed by atoms with van der Waals surface area (Å²) in [5, 5.41) is 25.3. The number of phenolic OH excluding ortho intramolecular Hbond substituents is 1. The van der Waals surface area contributed by atoms with E-state index >= 15 is 0 Å². The normalized spacial score (nSPS) is 24.5. The van der Waals surface area contributed by atoms with E-state index in [2.05, 4.69) is 24.4 Å². The number of phenols is 1. The molecule has 3 atom stereocenters. The first kappa shape index (κ1) is 20.5. The van der Waals surface area contributed by atoms with Crippen LogP contribution in [-0.4, -0.2) is 33.9 Å². The molecule has 2 heterocycles. The number of amides is 1. The van der Waals surface area contributed by atoms with Crippen molar-refractivity contribution in [1.29, 1.82) is 0 Å². The Balaban J connectivity index is 1.47. The van der Waals surface area contributed by atoms with Crippen LogP contribution in [0.1, 0.15) is 59.6 Å². The number of allylic oxidation sites excluding steroid dienone is 2. The van der Waals surface area contributed by atoms with Crippen molar-refractivity contribution in [2.45, 2.75) is 38.1 Å². The molecule has 3 aliphatic rings. The van der Waals surface area contributed by atoms with Crippen LogP contribution in [0.2, 0.25) is 0 Å². The molecule has 7 nitrogen and oxygen atoms in total. The number of rotatable bonds is 3. The molecule has 5 rings (SSSR count). The third-order valence-corrected chi connectivity index (χ3v) is 7.24. The molecule has 0 bridgehead atoms. The zero-order valence-corrected chi connectivity index (χ0v) is 18.0. The van der Waals surface area contributed by atoms with Crippen LogP contribution < -0.4 is 5.32 Å². The number of non-ortho nitro benzene ring substituents is 1. The van der Waals surface area contributed by atoms with Gasteiger partial charge in [-0.15, -0.1) is 0 Å². The number of fused-ring (bicyclic) bond motifs is 3. The Labute approximate surface area is 186 Å². The van der Waals surface area contributed by atoms with Gasteiger partial charge in [-0.25, -0.2) is 0 Å². The predicted octanol–water partition coefficient (Wildman–Crippen LogP) is 5.00. The molecular formula is C25H27N3O4. The summed E-state index contributed by atoms with van der Waals surface area (Å²) in [6.45, 7) is 3.83. The van der Waals surface area contributed by atoms with Crippen molar-refractivity contribution >= 4 is 17.3 Å². The molecule has 1 aliphatic carbocycles. The highest BCUT2D eigenvalue weighted by Gasteiger charge is 2.39. The van der Waals surface area contributed by atoms with E-state index in [9.17, 15) is 20.0 Å². The second-order valence-corrected chi connectivity index (χ2v) is 9.25. The van der Waals surface area contributed by atoms with Crippen LogP contribution in [0.5, 0.6) is 5.75 Å². The second-order valence-electron chi connectivity index (χ2n) is 9.25. The lowest BCUT2D eigenvalue weighted by Gasteiger charge is -2.38. The summed E-state index contributed by atoms with van der Waals surface area (Å²) < 4.78 is 0. The lowest BCUT2D eigenvalue weighted by atomic mass is 9.76. The van der Waals surface area contributed by atoms with Crippen molar-refractivity contribution in [3.05, 3.63) is 75.4 Å². The molecule has 2 aliphatic heterocycles. The number of aromatic hydroxyl groups is 1. The van der Waals surface area contributed by atoms with Gasteiger partial charge in [0.25, 0.3) is 11.6 Å². The number of nitro groups is 1. The Morgan fingerprint density at radius 1 is 1.16 bits per heavy atom. The number of nitro benzene ring substituents is 1. The van der Waals surface area contributed by atoms with Gasteiger partial charge in [0.05, 0.1) is 11.0 Å². The van der Waals surface area contributed by atoms with Crippen molar-refractivity contribution in [2.24, 2.45) is 11.8 Å². The second kappa shape index (κ2) is 7.97. The number of hydrogen-bond acceptors (Lipinski definition) is 5. The van der Waals surface area contributed by atoms with Crippen LogP contribution in [0.4, 0.5) is 11.4 Å². The van der Waals surface area contributed by atoms with Crippen molar-refractivity contribution in [3.8, 4) is 5.75 Å². The maximum atomic E-state index is 13.1. The summed E-state index contributed by atoms with van der Waals surface area (Å²) in [5.74, 6) is 0.990. The van der Waals surface area contributed by atoms with Gasteiger partial charge in [-0.05, 0) is 60.9 Å². The van der Waals surface area contributed by atoms with Gasteiger partial charge in [-0.1, -0.05) is 19.1 Å². The van der Waals surface area contributed by atoms with Gasteiger partial charge < -0.3 is 15.3 Å². The molecule has 1 fully saturated rings. The molecule has 0 radical (unpaired) electrons. The first-order chi connectivity index (χ1) is 15.4. The van der Waals surface area contributed by atoms with Gasteiger partial charge in [0.1, 0.15) is 5.75 Å². The molecule has 1 saturated heterocycles. The van der Waals surface area contributed by atoms with Crippen molar-refractivity contribution in [1.82, 2.24) is 4.90 Å². The maximum absolute atomic E-state index is 13.1. The van der Waals surface area contributed by atoms with Crippen LogP contribution in [0, 0.1) is 22.0 Å². The third-order valence-electron chi connectivity index (χ3n) is 7.24. The largest absolute Gasteiger partial charge is 0.508 e. The standard InChI is InChI=1S/C25H27N3O4/c1-15-9-11-27(12-10-15)25(30)16-5-7-22-20(13-16)18-3-2-4-19(18)24(26-22)21-14-17(28(31)32)6-8-23(21)29/h2-3,5-8,13-15,18-19,24,26,29H,4,9-12H2,1H3. The molecule has 0 aromatic heterocycles. The van der Waals surface area contributed by atoms with Gasteiger partial charge in [-0.3, -0.25) is 14.9 Å². The summed E-state index contributed by atoms with van der Waals surface area (Å²) in [5.41, 5.74) is 3.17. The molecule has 2 aromatic rings. The lowest BCUT2D eigenvalue weighted by Crippen LogP contribution is -2.38. The van der Waals surface area contributed by atoms with Gasteiger partial charge in [0.2, 0.25) is 0 Å². The Hall–Kier alpha value is -3.35. The summed E-state index contributed by atoms with van der Waals surface area (Å²) in [6.07, 6.45) is 7.16. The predicted molar refractivity (Wildman–Crippen MR) is 122 cm³/mol. The number of benzene rings is 2. The third kappa shape index (κ3) is 3.51. The van der Waals surface area contributed by atoms with Gasteiger partial charge in [0.15, 0.2) is 0 Å². The summed E-state index contributed by atoms with van der Waals surface area (Å²) >= 11 is 0. The summed E-state index contributed by atoms with van der Waals surface area (Å²) in [6, 6.07) is 9.70. The average Bonchev–Trinajstić information content (AvgIpc) is 3.29. The molecule has 32 heavy (non-hydrogen) atoms. The summed E-state index contributed by atoms with van der Waals surface area (Å²) in [4.78, 5) is 25.9. The van der Waals surface area contributed by atoms with E-state index in [1.807, 2.05) is 23.1 Å². The van der Waals surface area contributed by atoms with Crippen molar-refractivity contribution in [3.63, 3.8) is 0 Å². The van der Waals surface area contributed by atoms with Gasteiger partial charge >= 0.3 is 0 Å². The molecule has 2 N–H and O–H groups in total. The molecule has 2 aromatic carbocycles. The van der Waals surface area contributed by atoms with E-state index < -0.39 is 4.92 Å². The number of piperidine rings is 1. The van der Waals surface area contributed by atoms with E-state index in [-0.39, 0.29) is 35.2 Å². The first-order valence-corrected chi connectivity index (χ1v) is 11.3. The van der Waals surface area contributed by atoms with E-state index in [1.165, 1.54) is 18.2 Å². The van der Waals surface area contributed by atoms with E-state index in [4.69, 9.17) is 0 Å². The van der Waals surface area contributed by atoms with Crippen LogP contribution in [-0.2, 0) is 0 Å². The molecule has 0 saturated carbocycles. The smallest absolute Gasteiger partial charge is 0.270 e. The highest BCUT2D eigenvalue weighted by molar-refractivity contribution is 5.95. The number of carbonyl (C=O) groups excluding carboxylic acids is 1. The van der Waals surface area contributed by atoms with E-state index in [0.29, 0.717) is 17.0 Å². The molecule has 7 heteroatoms. The van der Waals surface area contributed by atoms with Crippen molar-refractivity contribution in [2.75, 3.05) is 18.4 Å². The van der Waals surface area contributed by atoms with Crippen LogP contribution in [0.15, 0.2) is 48.6 Å². The number of anilines is 1. The number of carbonyl (C=O) groups is 1. The van der Waals surface area contributed by atoms with Crippen molar-refractivity contribution < 1.29 is 14.8 Å². The fourth-order valence-corrected chi connectivity index (χ4v) is 5.33. The van der Waals surface area contributed by atoms with Crippen LogP contribution >= 0.6 is 0 Å². The minimum Gasteiger partial charge on any atom is -0.508 e. The van der Waals surface area contributed by atoms with Gasteiger partial charge in [-0.2, -0.15) is 0 Å². The average molecular weight is 434 g/mol. The van der Waals surface area contributed by atoms with Crippen LogP contribution in [0.25, 0.3) is 0 Å². The fourth-order valence-electron chi connectivity index (χ4n) is 5.33. The van der Waals surface area contributed by atoms with E-state index in [1.54, 1.807) is 0 Å². The SMILES string of the molecule is CC1CCN(C(=O)c2ccc3c(c2)C2C=CCC2C(c2cc([N+](=O)[O-])ccc2O)N3)CC1. The lowest BCUT2D eigenvalue weighted by molar-refractivity contribution is -0.385. The highest BCUT2D eigenvalue weighted by Crippen LogP contribution is 2.51. The highest BCUT2D eigenvalue weighted by atomic mass is 16.6. The Bertz CT molecular complexity index is 1100. The quantitative estimate of drug-likeness (QED) is 0.403. The Morgan fingerprint density at radius 3 is 2.69 bits per heavy atom. The molecular weight excluding hydrogens is 406 g/mol. The fraction of sp³-hybridized carbons (Fsp3) is 0.400. The topological polar surface area (TPSA) is 95.7 Å². The molecule has 3 unspecified atom stereocenters. The van der Waals surface area contributed by atoms with Gasteiger partial charge in [0, 0.05) is 48.0 Å². The first-order valence-electron chi connectivity index (χ1n) is 11.3. The van der Waals surface area contributed by atoms with E-state index in [0.717, 1.165) is 43.6 Å². The Morgan fingerprint density at radius 2 is 1.94 bits per heavy atom. The minimum atomic E-state index is -0.441. The zero-order valence-electron chi connectivity index (χ0n) is 18.0. The number of hydrogen-bond donors (Lipinski definition) is 2. The zero-order chi connectivity index (χ0) is 22.4. The Kier molecular flexibility index (Phi) is 5.12.